The molecule has 1 amide bonds. The van der Waals surface area contributed by atoms with Gasteiger partial charge in [0.05, 0.1) is 12.7 Å². The normalized spacial score (nSPS) is 21.3. The minimum atomic E-state index is -0.478. The predicted octanol–water partition coefficient (Wildman–Crippen LogP) is 3.50. The molecule has 24 heavy (non-hydrogen) atoms. The average molecular weight is 334 g/mol. The van der Waals surface area contributed by atoms with Crippen molar-refractivity contribution < 1.29 is 14.3 Å². The number of nitrogens with two attached hydrogens (primary N) is 1. The maximum absolute atomic E-state index is 11.6. The molecule has 0 saturated heterocycles. The van der Waals surface area contributed by atoms with Gasteiger partial charge in [-0.15, -0.1) is 0 Å². The lowest BCUT2D eigenvalue weighted by Gasteiger charge is -2.26. The van der Waals surface area contributed by atoms with Gasteiger partial charge in [0.2, 0.25) is 0 Å². The summed E-state index contributed by atoms with van der Waals surface area (Å²) in [5.41, 5.74) is 7.61. The Morgan fingerprint density at radius 3 is 2.29 bits per heavy atom. The lowest BCUT2D eigenvalue weighted by atomic mass is 9.94. The molecule has 0 heterocycles. The van der Waals surface area contributed by atoms with Crippen LogP contribution in [0.15, 0.2) is 24.3 Å². The van der Waals surface area contributed by atoms with Crippen LogP contribution in [0.25, 0.3) is 0 Å². The van der Waals surface area contributed by atoms with E-state index in [-0.39, 0.29) is 0 Å². The number of hydrogen-bond donors (Lipinski definition) is 2. The van der Waals surface area contributed by atoms with E-state index in [9.17, 15) is 4.79 Å². The van der Waals surface area contributed by atoms with E-state index in [1.54, 1.807) is 0 Å². The number of amides is 1. The van der Waals surface area contributed by atoms with Crippen LogP contribution in [0.3, 0.4) is 0 Å². The first-order valence-electron chi connectivity index (χ1n) is 8.74. The monoisotopic (exact) mass is 334 g/mol. The van der Waals surface area contributed by atoms with Gasteiger partial charge in [-0.2, -0.15) is 0 Å². The van der Waals surface area contributed by atoms with E-state index in [4.69, 9.17) is 15.2 Å². The summed E-state index contributed by atoms with van der Waals surface area (Å²) in [4.78, 5) is 11.6. The third-order valence-corrected chi connectivity index (χ3v) is 4.06. The van der Waals surface area contributed by atoms with Crippen LogP contribution in [0.1, 0.15) is 57.6 Å². The molecule has 1 aliphatic carbocycles. The second-order valence-corrected chi connectivity index (χ2v) is 7.52. The second-order valence-electron chi connectivity index (χ2n) is 7.52. The molecule has 5 heteroatoms. The van der Waals surface area contributed by atoms with Crippen LogP contribution in [0, 0.1) is 0 Å². The number of nitrogens with one attached hydrogen (secondary N) is 1. The number of ether oxygens (including phenoxy) is 2. The zero-order valence-corrected chi connectivity index (χ0v) is 15.0. The van der Waals surface area contributed by atoms with Crippen LogP contribution < -0.4 is 11.1 Å². The Hall–Kier alpha value is -1.59. The molecule has 2 rings (SSSR count). The number of hydrogen-bond acceptors (Lipinski definition) is 4. The summed E-state index contributed by atoms with van der Waals surface area (Å²) in [5, 5.41) is 2.76. The van der Waals surface area contributed by atoms with Gasteiger partial charge in [-0.05, 0) is 57.6 Å². The number of alkyl carbamates (subject to hydrolysis) is 1. The van der Waals surface area contributed by atoms with Crippen LogP contribution in [-0.2, 0) is 22.6 Å². The number of benzene rings is 1. The first-order valence-corrected chi connectivity index (χ1v) is 8.74. The molecule has 1 aromatic carbocycles. The van der Waals surface area contributed by atoms with Crippen molar-refractivity contribution in [1.82, 2.24) is 5.32 Å². The van der Waals surface area contributed by atoms with E-state index in [2.05, 4.69) is 5.32 Å². The Labute approximate surface area is 144 Å². The molecular formula is C19H30N2O3. The van der Waals surface area contributed by atoms with E-state index in [0.29, 0.717) is 25.3 Å². The molecule has 1 fully saturated rings. The largest absolute Gasteiger partial charge is 0.444 e. The van der Waals surface area contributed by atoms with Gasteiger partial charge in [0.1, 0.15) is 5.60 Å². The molecule has 1 aliphatic rings. The van der Waals surface area contributed by atoms with Gasteiger partial charge in [-0.1, -0.05) is 24.3 Å². The maximum atomic E-state index is 11.6. The zero-order valence-electron chi connectivity index (χ0n) is 15.0. The van der Waals surface area contributed by atoms with Crippen LogP contribution in [-0.4, -0.2) is 23.8 Å². The lowest BCUT2D eigenvalue weighted by molar-refractivity contribution is 0.0138. The fourth-order valence-electron chi connectivity index (χ4n) is 2.71. The molecule has 0 aromatic heterocycles. The number of rotatable bonds is 5. The van der Waals surface area contributed by atoms with Crippen LogP contribution in [0.5, 0.6) is 0 Å². The van der Waals surface area contributed by atoms with Crippen molar-refractivity contribution in [2.45, 2.75) is 77.4 Å². The van der Waals surface area contributed by atoms with E-state index in [1.165, 1.54) is 0 Å². The van der Waals surface area contributed by atoms with Crippen molar-refractivity contribution in [2.75, 3.05) is 0 Å². The van der Waals surface area contributed by atoms with Crippen molar-refractivity contribution >= 4 is 6.09 Å². The van der Waals surface area contributed by atoms with Crippen molar-refractivity contribution in [3.05, 3.63) is 35.4 Å². The Morgan fingerprint density at radius 2 is 1.71 bits per heavy atom. The highest BCUT2D eigenvalue weighted by atomic mass is 16.6. The topological polar surface area (TPSA) is 73.6 Å². The molecule has 0 atom stereocenters. The third-order valence-electron chi connectivity index (χ3n) is 4.06. The molecule has 0 unspecified atom stereocenters. The first kappa shape index (κ1) is 18.7. The summed E-state index contributed by atoms with van der Waals surface area (Å²) in [5.74, 6) is 0. The molecule has 1 saturated carbocycles. The molecular weight excluding hydrogens is 304 g/mol. The molecule has 0 radical (unpaired) electrons. The second kappa shape index (κ2) is 8.49. The SMILES string of the molecule is CC(C)(C)OC(=O)NCc1ccc(COC2CCC(N)CC2)cc1. The Balaban J connectivity index is 1.71. The highest BCUT2D eigenvalue weighted by Gasteiger charge is 2.19. The fraction of sp³-hybridized carbons (Fsp3) is 0.632. The Kier molecular flexibility index (Phi) is 6.63. The van der Waals surface area contributed by atoms with E-state index < -0.39 is 11.7 Å². The first-order chi connectivity index (χ1) is 11.3. The number of carbonyl (C=O) groups is 1. The molecule has 0 bridgehead atoms. The quantitative estimate of drug-likeness (QED) is 0.864. The molecule has 5 nitrogen and oxygen atoms in total. The predicted molar refractivity (Wildman–Crippen MR) is 94.5 cm³/mol. The van der Waals surface area contributed by atoms with Crippen molar-refractivity contribution in [3.8, 4) is 0 Å². The molecule has 3 N–H and O–H groups in total. The third kappa shape index (κ3) is 6.89. The van der Waals surface area contributed by atoms with Gasteiger partial charge in [0.25, 0.3) is 0 Å². The van der Waals surface area contributed by atoms with Gasteiger partial charge in [0, 0.05) is 12.6 Å². The van der Waals surface area contributed by atoms with Gasteiger partial charge >= 0.3 is 6.09 Å². The summed E-state index contributed by atoms with van der Waals surface area (Å²) in [7, 11) is 0. The molecule has 1 aromatic rings. The van der Waals surface area contributed by atoms with E-state index in [0.717, 1.165) is 36.8 Å². The van der Waals surface area contributed by atoms with Gasteiger partial charge in [-0.3, -0.25) is 0 Å². The number of carbonyl (C=O) groups excluding carboxylic acids is 1. The van der Waals surface area contributed by atoms with E-state index >= 15 is 0 Å². The summed E-state index contributed by atoms with van der Waals surface area (Å²) in [6.45, 7) is 6.63. The van der Waals surface area contributed by atoms with Crippen LogP contribution in [0.4, 0.5) is 4.79 Å². The van der Waals surface area contributed by atoms with Gasteiger partial charge in [-0.25, -0.2) is 4.79 Å². The van der Waals surface area contributed by atoms with Gasteiger partial charge < -0.3 is 20.5 Å². The molecule has 0 aliphatic heterocycles. The highest BCUT2D eigenvalue weighted by Crippen LogP contribution is 2.21. The summed E-state index contributed by atoms with van der Waals surface area (Å²) >= 11 is 0. The minimum Gasteiger partial charge on any atom is -0.444 e. The Morgan fingerprint density at radius 1 is 1.12 bits per heavy atom. The summed E-state index contributed by atoms with van der Waals surface area (Å²) in [6.07, 6.45) is 4.15. The Bertz CT molecular complexity index is 514. The van der Waals surface area contributed by atoms with Crippen molar-refractivity contribution in [3.63, 3.8) is 0 Å². The maximum Gasteiger partial charge on any atom is 0.407 e. The fourth-order valence-corrected chi connectivity index (χ4v) is 2.71. The lowest BCUT2D eigenvalue weighted by Crippen LogP contribution is -2.32. The molecule has 0 spiro atoms. The standard InChI is InChI=1S/C19H30N2O3/c1-19(2,3)24-18(22)21-12-14-4-6-15(7-5-14)13-23-17-10-8-16(20)9-11-17/h4-7,16-17H,8-13,20H2,1-3H3,(H,21,22). The zero-order chi connectivity index (χ0) is 17.6. The van der Waals surface area contributed by atoms with Crippen molar-refractivity contribution in [2.24, 2.45) is 5.73 Å². The highest BCUT2D eigenvalue weighted by molar-refractivity contribution is 5.67. The molecule has 134 valence electrons. The van der Waals surface area contributed by atoms with Gasteiger partial charge in [0.15, 0.2) is 0 Å². The van der Waals surface area contributed by atoms with Crippen LogP contribution in [0.2, 0.25) is 0 Å². The smallest absolute Gasteiger partial charge is 0.407 e. The average Bonchev–Trinajstić information content (AvgIpc) is 2.52. The van der Waals surface area contributed by atoms with Crippen molar-refractivity contribution in [1.29, 1.82) is 0 Å². The van der Waals surface area contributed by atoms with Crippen LogP contribution >= 0.6 is 0 Å². The van der Waals surface area contributed by atoms with E-state index in [1.807, 2.05) is 45.0 Å². The minimum absolute atomic E-state index is 0.332. The summed E-state index contributed by atoms with van der Waals surface area (Å²) < 4.78 is 11.2. The summed E-state index contributed by atoms with van der Waals surface area (Å²) in [6, 6.07) is 8.45.